The summed E-state index contributed by atoms with van der Waals surface area (Å²) in [4.78, 5) is 35.9. The highest BCUT2D eigenvalue weighted by Gasteiger charge is 2.19. The molecule has 0 aromatic heterocycles. The molecule has 0 fully saturated rings. The molecule has 0 aliphatic carbocycles. The molecule has 0 spiro atoms. The maximum atomic E-state index is 12.6. The summed E-state index contributed by atoms with van der Waals surface area (Å²) in [7, 11) is 1.23. The van der Waals surface area contributed by atoms with Gasteiger partial charge in [0.25, 0.3) is 11.8 Å². The number of rotatable bonds is 5. The number of halogens is 1. The number of carbonyl (C=O) groups excluding carboxylic acids is 3. The van der Waals surface area contributed by atoms with Gasteiger partial charge in [0.05, 0.1) is 25.3 Å². The van der Waals surface area contributed by atoms with Crippen LogP contribution in [0, 0.1) is 0 Å². The fourth-order valence-electron chi connectivity index (χ4n) is 2.63. The van der Waals surface area contributed by atoms with Crippen LogP contribution in [-0.4, -0.2) is 44.7 Å². The summed E-state index contributed by atoms with van der Waals surface area (Å²) in [6, 6.07) is 9.37. The average Bonchev–Trinajstić information content (AvgIpc) is 2.97. The minimum absolute atomic E-state index is 0.248. The minimum atomic E-state index is -0.561. The van der Waals surface area contributed by atoms with E-state index in [2.05, 4.69) is 15.4 Å². The molecule has 0 unspecified atom stereocenters. The molecule has 29 heavy (non-hydrogen) atoms. The molecule has 1 aliphatic heterocycles. The highest BCUT2D eigenvalue weighted by molar-refractivity contribution is 6.32. The first-order valence-corrected chi connectivity index (χ1v) is 9.21. The van der Waals surface area contributed by atoms with Gasteiger partial charge >= 0.3 is 5.97 Å². The highest BCUT2D eigenvalue weighted by atomic mass is 35.5. The van der Waals surface area contributed by atoms with Crippen LogP contribution in [0.2, 0.25) is 5.02 Å². The SMILES string of the molecule is COC(=O)CNC(=O)c1cccc(NC(=O)c2cc(Cl)c3c(c2)OCCCO3)c1. The zero-order valence-electron chi connectivity index (χ0n) is 15.6. The first-order chi connectivity index (χ1) is 14.0. The molecular weight excluding hydrogens is 400 g/mol. The van der Waals surface area contributed by atoms with Crippen LogP contribution < -0.4 is 20.1 Å². The van der Waals surface area contributed by atoms with Crippen molar-refractivity contribution < 1.29 is 28.6 Å². The summed E-state index contributed by atoms with van der Waals surface area (Å²) < 4.78 is 15.6. The molecule has 2 aromatic carbocycles. The third-order valence-electron chi connectivity index (χ3n) is 4.07. The van der Waals surface area contributed by atoms with E-state index in [9.17, 15) is 14.4 Å². The van der Waals surface area contributed by atoms with E-state index in [0.29, 0.717) is 36.0 Å². The van der Waals surface area contributed by atoms with E-state index < -0.39 is 17.8 Å². The van der Waals surface area contributed by atoms with E-state index in [4.69, 9.17) is 21.1 Å². The molecule has 2 amide bonds. The Balaban J connectivity index is 1.73. The summed E-state index contributed by atoms with van der Waals surface area (Å²) in [6.45, 7) is 0.710. The number of hydrogen-bond acceptors (Lipinski definition) is 6. The molecule has 9 heteroatoms. The largest absolute Gasteiger partial charge is 0.489 e. The molecule has 0 atom stereocenters. The Morgan fingerprint density at radius 1 is 1.07 bits per heavy atom. The van der Waals surface area contributed by atoms with Crippen molar-refractivity contribution in [1.29, 1.82) is 0 Å². The molecule has 0 saturated heterocycles. The van der Waals surface area contributed by atoms with E-state index >= 15 is 0 Å². The molecule has 2 N–H and O–H groups in total. The van der Waals surface area contributed by atoms with Gasteiger partial charge in [-0.1, -0.05) is 17.7 Å². The van der Waals surface area contributed by atoms with Crippen LogP contribution >= 0.6 is 11.6 Å². The number of methoxy groups -OCH3 is 1. The number of esters is 1. The van der Waals surface area contributed by atoms with Gasteiger partial charge in [0.2, 0.25) is 0 Å². The molecule has 1 heterocycles. The first-order valence-electron chi connectivity index (χ1n) is 8.83. The zero-order chi connectivity index (χ0) is 20.8. The number of fused-ring (bicyclic) bond motifs is 1. The average molecular weight is 419 g/mol. The van der Waals surface area contributed by atoms with Crippen molar-refractivity contribution in [3.8, 4) is 11.5 Å². The molecule has 0 bridgehead atoms. The monoisotopic (exact) mass is 418 g/mol. The van der Waals surface area contributed by atoms with Gasteiger partial charge in [-0.3, -0.25) is 14.4 Å². The van der Waals surface area contributed by atoms with E-state index in [-0.39, 0.29) is 17.1 Å². The van der Waals surface area contributed by atoms with Crippen molar-refractivity contribution in [3.63, 3.8) is 0 Å². The van der Waals surface area contributed by atoms with Gasteiger partial charge in [-0.05, 0) is 30.3 Å². The molecule has 2 aromatic rings. The predicted molar refractivity (Wildman–Crippen MR) is 106 cm³/mol. The fourth-order valence-corrected chi connectivity index (χ4v) is 2.90. The smallest absolute Gasteiger partial charge is 0.325 e. The lowest BCUT2D eigenvalue weighted by atomic mass is 10.1. The van der Waals surface area contributed by atoms with E-state index in [1.54, 1.807) is 24.3 Å². The number of amides is 2. The normalized spacial score (nSPS) is 12.5. The Bertz CT molecular complexity index is 947. The molecule has 0 radical (unpaired) electrons. The van der Waals surface area contributed by atoms with Crippen molar-refractivity contribution in [1.82, 2.24) is 5.32 Å². The first kappa shape index (κ1) is 20.5. The Hall–Kier alpha value is -3.26. The van der Waals surface area contributed by atoms with Crippen LogP contribution in [-0.2, 0) is 9.53 Å². The van der Waals surface area contributed by atoms with Crippen molar-refractivity contribution in [2.75, 3.05) is 32.2 Å². The molecule has 0 saturated carbocycles. The van der Waals surface area contributed by atoms with Gasteiger partial charge < -0.3 is 24.8 Å². The van der Waals surface area contributed by atoms with Gasteiger partial charge in [-0.25, -0.2) is 0 Å². The Morgan fingerprint density at radius 2 is 1.86 bits per heavy atom. The number of benzene rings is 2. The Labute approximate surface area is 172 Å². The van der Waals surface area contributed by atoms with E-state index in [1.165, 1.54) is 19.2 Å². The maximum Gasteiger partial charge on any atom is 0.325 e. The van der Waals surface area contributed by atoms with Crippen LogP contribution in [0.1, 0.15) is 27.1 Å². The molecule has 1 aliphatic rings. The topological polar surface area (TPSA) is 103 Å². The van der Waals surface area contributed by atoms with E-state index in [0.717, 1.165) is 6.42 Å². The Kier molecular flexibility index (Phi) is 6.56. The predicted octanol–water partition coefficient (Wildman–Crippen LogP) is 2.66. The third kappa shape index (κ3) is 5.17. The highest BCUT2D eigenvalue weighted by Crippen LogP contribution is 2.38. The number of carbonyl (C=O) groups is 3. The zero-order valence-corrected chi connectivity index (χ0v) is 16.4. The van der Waals surface area contributed by atoms with Crippen LogP contribution in [0.25, 0.3) is 0 Å². The molecule has 152 valence electrons. The second kappa shape index (κ2) is 9.29. The number of anilines is 1. The third-order valence-corrected chi connectivity index (χ3v) is 4.35. The number of ether oxygens (including phenoxy) is 3. The second-order valence-corrected chi connectivity index (χ2v) is 6.54. The second-order valence-electron chi connectivity index (χ2n) is 6.13. The van der Waals surface area contributed by atoms with Gasteiger partial charge in [0, 0.05) is 23.2 Å². The van der Waals surface area contributed by atoms with Gasteiger partial charge in [0.15, 0.2) is 11.5 Å². The molecule has 3 rings (SSSR count). The van der Waals surface area contributed by atoms with Crippen molar-refractivity contribution in [2.45, 2.75) is 6.42 Å². The van der Waals surface area contributed by atoms with E-state index in [1.807, 2.05) is 0 Å². The van der Waals surface area contributed by atoms with Gasteiger partial charge in [-0.15, -0.1) is 0 Å². The number of nitrogens with one attached hydrogen (secondary N) is 2. The summed E-state index contributed by atoms with van der Waals surface area (Å²) in [5.41, 5.74) is 0.979. The van der Waals surface area contributed by atoms with Crippen molar-refractivity contribution in [2.24, 2.45) is 0 Å². The van der Waals surface area contributed by atoms with Crippen molar-refractivity contribution >= 4 is 35.1 Å². The summed E-state index contributed by atoms with van der Waals surface area (Å²) in [5.74, 6) is -0.616. The summed E-state index contributed by atoms with van der Waals surface area (Å²) in [6.07, 6.45) is 0.720. The minimum Gasteiger partial charge on any atom is -0.489 e. The lowest BCUT2D eigenvalue weighted by Crippen LogP contribution is -2.30. The molecular formula is C20H19ClN2O6. The quantitative estimate of drug-likeness (QED) is 0.723. The van der Waals surface area contributed by atoms with Crippen LogP contribution in [0.15, 0.2) is 36.4 Å². The fraction of sp³-hybridized carbons (Fsp3) is 0.250. The lowest BCUT2D eigenvalue weighted by molar-refractivity contribution is -0.139. The lowest BCUT2D eigenvalue weighted by Gasteiger charge is -2.12. The Morgan fingerprint density at radius 3 is 2.66 bits per heavy atom. The molecule has 8 nitrogen and oxygen atoms in total. The standard InChI is InChI=1S/C20H19ClN2O6/c1-27-17(24)11-22-19(25)12-4-2-5-14(8-12)23-20(26)13-9-15(21)18-16(10-13)28-6-3-7-29-18/h2,4-5,8-10H,3,6-7,11H2,1H3,(H,22,25)(H,23,26). The summed E-state index contributed by atoms with van der Waals surface area (Å²) in [5, 5.41) is 5.43. The van der Waals surface area contributed by atoms with Gasteiger partial charge in [-0.2, -0.15) is 0 Å². The van der Waals surface area contributed by atoms with Crippen LogP contribution in [0.3, 0.4) is 0 Å². The van der Waals surface area contributed by atoms with Gasteiger partial charge in [0.1, 0.15) is 6.54 Å². The maximum absolute atomic E-state index is 12.6. The van der Waals surface area contributed by atoms with Crippen molar-refractivity contribution in [3.05, 3.63) is 52.5 Å². The van der Waals surface area contributed by atoms with Crippen LogP contribution in [0.5, 0.6) is 11.5 Å². The van der Waals surface area contributed by atoms with Crippen LogP contribution in [0.4, 0.5) is 5.69 Å². The summed E-state index contributed by atoms with van der Waals surface area (Å²) >= 11 is 6.23. The number of hydrogen-bond donors (Lipinski definition) is 2.